The summed E-state index contributed by atoms with van der Waals surface area (Å²) in [5.74, 6) is 2.06. The monoisotopic (exact) mass is 1150 g/mol. The number of carbonyl (C=O) groups is 5. The van der Waals surface area contributed by atoms with Gasteiger partial charge in [0.15, 0.2) is 40.3 Å². The maximum atomic E-state index is 13.9. The van der Waals surface area contributed by atoms with E-state index in [2.05, 4.69) is 66.4 Å². The fraction of sp³-hybridized carbons (Fsp3) is 0.342. The molecule has 6 aliphatic rings. The van der Waals surface area contributed by atoms with Crippen LogP contribution >= 0.6 is 0 Å². The molecule has 1 unspecified atom stereocenters. The zero-order valence-corrected chi connectivity index (χ0v) is 50.0. The van der Waals surface area contributed by atoms with Gasteiger partial charge in [-0.05, 0) is 161 Å². The fourth-order valence-corrected chi connectivity index (χ4v) is 12.9. The van der Waals surface area contributed by atoms with Crippen molar-refractivity contribution >= 4 is 52.9 Å². The molecule has 0 radical (unpaired) electrons. The first-order chi connectivity index (χ1) is 41.8. The Balaban J connectivity index is 0.638. The number of fused-ring (bicyclic) bond motifs is 7. The Morgan fingerprint density at radius 2 is 1.40 bits per heavy atom. The van der Waals surface area contributed by atoms with Gasteiger partial charge in [0.05, 0.1) is 27.4 Å². The molecule has 5 atom stereocenters. The molecule has 0 amide bonds. The summed E-state index contributed by atoms with van der Waals surface area (Å²) in [5.41, 5.74) is 16.2. The van der Waals surface area contributed by atoms with E-state index in [-0.39, 0.29) is 65.2 Å². The normalized spacial score (nSPS) is 19.3. The number of esters is 1. The Bertz CT molecular complexity index is 3650. The van der Waals surface area contributed by atoms with E-state index in [9.17, 15) is 24.0 Å². The van der Waals surface area contributed by atoms with Crippen molar-refractivity contribution in [3.8, 4) is 34.1 Å². The van der Waals surface area contributed by atoms with Crippen LogP contribution in [-0.2, 0) is 19.1 Å². The third kappa shape index (κ3) is 13.4. The number of methoxy groups -OCH3 is 2. The van der Waals surface area contributed by atoms with E-state index in [1.807, 2.05) is 93.6 Å². The average Bonchev–Trinajstić information content (AvgIpc) is 2.45. The number of ether oxygens (including phenoxy) is 5. The lowest BCUT2D eigenvalue weighted by molar-refractivity contribution is -0.138. The Morgan fingerprint density at radius 3 is 2.08 bits per heavy atom. The number of rotatable bonds is 23. The minimum atomic E-state index is -0.465. The van der Waals surface area contributed by atoms with Gasteiger partial charge in [0, 0.05) is 65.7 Å². The summed E-state index contributed by atoms with van der Waals surface area (Å²) in [4.78, 5) is 67.4. The lowest BCUT2D eigenvalue weighted by atomic mass is 9.80. The van der Waals surface area contributed by atoms with E-state index in [4.69, 9.17) is 23.7 Å². The van der Waals surface area contributed by atoms with Crippen molar-refractivity contribution in [3.63, 3.8) is 0 Å². The predicted octanol–water partition coefficient (Wildman–Crippen LogP) is 16.1. The van der Waals surface area contributed by atoms with Crippen LogP contribution in [0.4, 0.5) is 0 Å². The van der Waals surface area contributed by atoms with Gasteiger partial charge in [-0.2, -0.15) is 0 Å². The molecule has 5 aromatic rings. The smallest absolute Gasteiger partial charge is 0.330 e. The molecule has 10 nitrogen and oxygen atoms in total. The minimum absolute atomic E-state index is 0.000170. The quantitative estimate of drug-likeness (QED) is 0.0270. The van der Waals surface area contributed by atoms with Gasteiger partial charge in [-0.25, -0.2) is 4.79 Å². The number of hydrogen-bond acceptors (Lipinski definition) is 10. The molecule has 1 fully saturated rings. The summed E-state index contributed by atoms with van der Waals surface area (Å²) in [6, 6.07) is 32.0. The second kappa shape index (κ2) is 26.8. The van der Waals surface area contributed by atoms with Crippen molar-refractivity contribution in [1.82, 2.24) is 0 Å². The molecule has 0 aromatic heterocycles. The Morgan fingerprint density at radius 1 is 0.709 bits per heavy atom. The zero-order valence-electron chi connectivity index (χ0n) is 50.0. The van der Waals surface area contributed by atoms with Crippen LogP contribution in [0, 0.1) is 41.4 Å². The van der Waals surface area contributed by atoms with Crippen LogP contribution in [0.5, 0.6) is 23.0 Å². The van der Waals surface area contributed by atoms with E-state index in [1.165, 1.54) is 41.2 Å². The first-order valence-electron chi connectivity index (χ1n) is 30.7. The van der Waals surface area contributed by atoms with Crippen LogP contribution in [0.15, 0.2) is 163 Å². The van der Waals surface area contributed by atoms with E-state index in [0.29, 0.717) is 85.4 Å². The Labute approximate surface area is 505 Å². The molecule has 1 saturated carbocycles. The molecule has 86 heavy (non-hydrogen) atoms. The summed E-state index contributed by atoms with van der Waals surface area (Å²) in [7, 11) is 3.16. The predicted molar refractivity (Wildman–Crippen MR) is 338 cm³/mol. The summed E-state index contributed by atoms with van der Waals surface area (Å²) in [6.45, 7) is 6.73. The minimum Gasteiger partial charge on any atom is -0.493 e. The van der Waals surface area contributed by atoms with Gasteiger partial charge < -0.3 is 23.7 Å². The molecular weight excluding hydrogens is 1070 g/mol. The van der Waals surface area contributed by atoms with Gasteiger partial charge in [0.25, 0.3) is 0 Å². The molecule has 11 rings (SSSR count). The molecule has 0 heterocycles. The Hall–Kier alpha value is -8.59. The summed E-state index contributed by atoms with van der Waals surface area (Å²) in [6.07, 6.45) is 28.5. The molecule has 0 bridgehead atoms. The van der Waals surface area contributed by atoms with Crippen LogP contribution in [0.3, 0.4) is 0 Å². The second-order valence-electron chi connectivity index (χ2n) is 24.1. The largest absolute Gasteiger partial charge is 0.493 e. The van der Waals surface area contributed by atoms with E-state index in [1.54, 1.807) is 38.5 Å². The first kappa shape index (κ1) is 59.2. The van der Waals surface area contributed by atoms with Crippen molar-refractivity contribution < 1.29 is 47.7 Å². The van der Waals surface area contributed by atoms with Gasteiger partial charge in [-0.3, -0.25) is 19.2 Å². The van der Waals surface area contributed by atoms with Gasteiger partial charge in [0.2, 0.25) is 0 Å². The van der Waals surface area contributed by atoms with Crippen LogP contribution in [-0.4, -0.2) is 63.1 Å². The summed E-state index contributed by atoms with van der Waals surface area (Å²) < 4.78 is 29.8. The highest BCUT2D eigenvalue weighted by molar-refractivity contribution is 6.12. The van der Waals surface area contributed by atoms with Gasteiger partial charge in [-0.1, -0.05) is 142 Å². The third-order valence-electron chi connectivity index (χ3n) is 18.1. The molecule has 0 spiro atoms. The number of allylic oxidation sites excluding steroid dienone is 10. The molecule has 6 aliphatic carbocycles. The number of hydrogen-bond donors (Lipinski definition) is 0. The van der Waals surface area contributed by atoms with Crippen molar-refractivity contribution in [2.75, 3.05) is 34.0 Å². The lowest BCUT2D eigenvalue weighted by Gasteiger charge is -2.23. The Kier molecular flexibility index (Phi) is 18.4. The van der Waals surface area contributed by atoms with Crippen molar-refractivity contribution in [2.45, 2.75) is 90.9 Å². The van der Waals surface area contributed by atoms with E-state index in [0.717, 1.165) is 58.2 Å². The second-order valence-corrected chi connectivity index (χ2v) is 24.1. The summed E-state index contributed by atoms with van der Waals surface area (Å²) >= 11 is 0. The number of benzene rings is 5. The topological polar surface area (TPSA) is 132 Å². The fourth-order valence-electron chi connectivity index (χ4n) is 12.9. The number of carbonyl (C=O) groups excluding carboxylic acids is 5. The average molecular weight is 1150 g/mol. The van der Waals surface area contributed by atoms with Crippen LogP contribution in [0.2, 0.25) is 0 Å². The van der Waals surface area contributed by atoms with Gasteiger partial charge in [0.1, 0.15) is 12.4 Å². The highest BCUT2D eigenvalue weighted by atomic mass is 16.5. The highest BCUT2D eigenvalue weighted by Gasteiger charge is 2.34. The van der Waals surface area contributed by atoms with E-state index >= 15 is 0 Å². The first-order valence-corrected chi connectivity index (χ1v) is 30.7. The molecule has 5 aromatic carbocycles. The maximum absolute atomic E-state index is 13.9. The van der Waals surface area contributed by atoms with Crippen molar-refractivity contribution in [3.05, 3.63) is 207 Å². The number of ketones is 4. The lowest BCUT2D eigenvalue weighted by Crippen LogP contribution is -2.19. The third-order valence-corrected chi connectivity index (χ3v) is 18.1. The van der Waals surface area contributed by atoms with Crippen LogP contribution < -0.4 is 18.9 Å². The van der Waals surface area contributed by atoms with E-state index < -0.39 is 11.9 Å². The van der Waals surface area contributed by atoms with Gasteiger partial charge >= 0.3 is 5.97 Å². The van der Waals surface area contributed by atoms with Crippen molar-refractivity contribution in [2.24, 2.45) is 41.4 Å². The van der Waals surface area contributed by atoms with Crippen LogP contribution in [0.25, 0.3) is 34.9 Å². The highest BCUT2D eigenvalue weighted by Crippen LogP contribution is 2.47. The molecule has 0 aliphatic heterocycles. The number of Topliss-reactive ketones (excluding diaryl/α,β-unsaturated/α-hetero) is 3. The summed E-state index contributed by atoms with van der Waals surface area (Å²) in [5, 5.41) is 0. The standard InChI is InChI=1S/C76H76O10/c1-47(2)59(33-36-75(80)86-46-67-63-18-8-6-16-61(63)62-17-7-9-19-64(62)67)69(78)20-10-13-48(3)68(77)34-23-49-21-24-51(25-22-49)58-40-53-28-29-57-43-74(71(82-4)44-65(57)70(79)35-31-54(53)41-58)85-38-12-37-84-73-42-56-15-11-14-55-39-52(50-26-27-50)30-32-60(55)76(81)66(56)45-72(73)83-5/h6-9,14-19,21-25,28-30,32-34,36,41-45,47-48,50,53-55,59,67H,10,12-13,20,26-27,31,35,37-40,46H2,1-5H3/b29-28?,34-23+,36-33+/t11?,48-,53-,54?,55-,59+/m1/s1. The molecule has 0 N–H and O–H groups in total. The van der Waals surface area contributed by atoms with Crippen molar-refractivity contribution in [1.29, 1.82) is 0 Å². The SMILES string of the molecule is COc1cc2c(cc1OCCCOc1cc3c(cc1OC)C(=O)C1=CC=C(C4CC4)C[C@H]1C=C=C3)C=C[C@@H]1CC(c3ccc(/C=C/C(=O)[C@H](C)CCCC(=O)[C@@H](/C=C/C(=O)OCC4c5ccccc5-c5ccccc54)C(C)C)cc3)=CC1CCC2=O. The maximum Gasteiger partial charge on any atom is 0.330 e. The molecule has 440 valence electrons. The zero-order chi connectivity index (χ0) is 59.8. The molecular formula is C76H76O10. The van der Waals surface area contributed by atoms with Crippen LogP contribution in [0.1, 0.15) is 145 Å². The molecule has 0 saturated heterocycles. The molecule has 10 heteroatoms. The van der Waals surface area contributed by atoms with Gasteiger partial charge in [-0.15, -0.1) is 5.73 Å².